The van der Waals surface area contributed by atoms with Crippen molar-refractivity contribution in [3.63, 3.8) is 0 Å². The molecule has 0 aliphatic rings. The van der Waals surface area contributed by atoms with Crippen LogP contribution in [0.2, 0.25) is 0 Å². The Morgan fingerprint density at radius 2 is 1.25 bits per heavy atom. The summed E-state index contributed by atoms with van der Waals surface area (Å²) in [7, 11) is 0.0560. The third-order valence-electron chi connectivity index (χ3n) is 4.98. The first-order valence-corrected chi connectivity index (χ1v) is 13.1. The summed E-state index contributed by atoms with van der Waals surface area (Å²) in [6.45, 7) is 7.81. The molecule has 28 heavy (non-hydrogen) atoms. The van der Waals surface area contributed by atoms with Gasteiger partial charge in [0, 0.05) is 0 Å². The molecule has 0 saturated carbocycles. The molecule has 0 aromatic rings. The Kier molecular flexibility index (Phi) is 23.5. The second kappa shape index (κ2) is 21.8. The third-order valence-corrected chi connectivity index (χ3v) is 5.47. The molecule has 0 rings (SSSR count). The summed E-state index contributed by atoms with van der Waals surface area (Å²) in [6, 6.07) is 0. The predicted molar refractivity (Wildman–Crippen MR) is 122 cm³/mol. The van der Waals surface area contributed by atoms with E-state index in [-0.39, 0.29) is 12.5 Å². The van der Waals surface area contributed by atoms with E-state index in [0.717, 1.165) is 25.7 Å². The normalized spacial score (nSPS) is 12.7. The van der Waals surface area contributed by atoms with Gasteiger partial charge in [0.25, 0.3) is 0 Å². The Hall–Kier alpha value is 0.0700. The number of rotatable bonds is 18. The maximum Gasteiger partial charge on any atom is 0.469 e. The predicted octanol–water partition coefficient (Wildman–Crippen LogP) is 6.78. The zero-order chi connectivity index (χ0) is 21.7. The molecular formula is C22H50NO4P. The van der Waals surface area contributed by atoms with Crippen molar-refractivity contribution in [1.29, 1.82) is 0 Å². The van der Waals surface area contributed by atoms with Crippen LogP contribution in [0.15, 0.2) is 0 Å². The van der Waals surface area contributed by atoms with Crippen molar-refractivity contribution >= 4 is 7.82 Å². The monoisotopic (exact) mass is 423 g/mol. The fourth-order valence-corrected chi connectivity index (χ4v) is 3.42. The molecule has 5 nitrogen and oxygen atoms in total. The van der Waals surface area contributed by atoms with Crippen molar-refractivity contribution in [3.05, 3.63) is 0 Å². The Balaban J connectivity index is 0. The molecule has 2 N–H and O–H groups in total. The molecule has 1 unspecified atom stereocenters. The minimum Gasteiger partial charge on any atom is -0.309 e. The Labute approximate surface area is 175 Å². The maximum absolute atomic E-state index is 10.4. The van der Waals surface area contributed by atoms with Gasteiger partial charge in [0.2, 0.25) is 0 Å². The van der Waals surface area contributed by atoms with E-state index in [1.54, 1.807) is 0 Å². The van der Waals surface area contributed by atoms with Crippen molar-refractivity contribution in [2.75, 3.05) is 27.2 Å². The average Bonchev–Trinajstić information content (AvgIpc) is 2.63. The third kappa shape index (κ3) is 28.3. The Bertz CT molecular complexity index is 347. The smallest absolute Gasteiger partial charge is 0.309 e. The zero-order valence-corrected chi connectivity index (χ0v) is 20.4. The van der Waals surface area contributed by atoms with Gasteiger partial charge in [-0.3, -0.25) is 4.52 Å². The van der Waals surface area contributed by atoms with E-state index in [1.807, 2.05) is 6.92 Å². The van der Waals surface area contributed by atoms with Crippen LogP contribution in [-0.2, 0) is 9.09 Å². The summed E-state index contributed by atoms with van der Waals surface area (Å²) < 4.78 is 14.8. The summed E-state index contributed by atoms with van der Waals surface area (Å²) in [5, 5.41) is 0. The first kappa shape index (κ1) is 30.3. The highest BCUT2D eigenvalue weighted by Crippen LogP contribution is 2.36. The van der Waals surface area contributed by atoms with E-state index in [0.29, 0.717) is 0 Å². The maximum atomic E-state index is 10.4. The number of nitrogens with zero attached hydrogens (tertiary/aromatic N) is 1. The lowest BCUT2D eigenvalue weighted by molar-refractivity contribution is 0.161. The van der Waals surface area contributed by atoms with Crippen molar-refractivity contribution in [2.45, 2.75) is 111 Å². The molecule has 0 fully saturated rings. The molecule has 0 aromatic heterocycles. The number of phosphoric acid groups is 1. The van der Waals surface area contributed by atoms with Gasteiger partial charge >= 0.3 is 7.82 Å². The molecule has 6 heteroatoms. The van der Waals surface area contributed by atoms with Gasteiger partial charge in [-0.1, -0.05) is 97.8 Å². The topological polar surface area (TPSA) is 70.0 Å². The van der Waals surface area contributed by atoms with Crippen molar-refractivity contribution in [2.24, 2.45) is 5.92 Å². The molecule has 0 heterocycles. The van der Waals surface area contributed by atoms with Gasteiger partial charge in [0.05, 0.1) is 6.61 Å². The highest BCUT2D eigenvalue weighted by atomic mass is 31.2. The van der Waals surface area contributed by atoms with Gasteiger partial charge in [0.15, 0.2) is 0 Å². The second-order valence-corrected chi connectivity index (χ2v) is 9.43. The highest BCUT2D eigenvalue weighted by Gasteiger charge is 2.16. The van der Waals surface area contributed by atoms with Gasteiger partial charge in [0.1, 0.15) is 0 Å². The van der Waals surface area contributed by atoms with Crippen LogP contribution in [0.5, 0.6) is 0 Å². The lowest BCUT2D eigenvalue weighted by Gasteiger charge is -2.14. The van der Waals surface area contributed by atoms with Gasteiger partial charge in [-0.2, -0.15) is 0 Å². The second-order valence-electron chi connectivity index (χ2n) is 8.19. The van der Waals surface area contributed by atoms with Gasteiger partial charge in [-0.15, -0.1) is 0 Å². The van der Waals surface area contributed by atoms with E-state index >= 15 is 0 Å². The lowest BCUT2D eigenvalue weighted by atomic mass is 10.0. The largest absolute Gasteiger partial charge is 0.469 e. The van der Waals surface area contributed by atoms with Gasteiger partial charge in [-0.05, 0) is 39.4 Å². The molecule has 0 spiro atoms. The summed E-state index contributed by atoms with van der Waals surface area (Å²) in [6.07, 6.45) is 18.4. The SMILES string of the molecule is CCCCC(CC)COP(=O)(O)O.CCCCCCCCCCCCN(C)C. The van der Waals surface area contributed by atoms with Crippen molar-refractivity contribution in [1.82, 2.24) is 4.90 Å². The van der Waals surface area contributed by atoms with Crippen LogP contribution in [0.4, 0.5) is 0 Å². The van der Waals surface area contributed by atoms with Crippen LogP contribution in [0.1, 0.15) is 111 Å². The van der Waals surface area contributed by atoms with Crippen LogP contribution in [0.3, 0.4) is 0 Å². The molecule has 0 radical (unpaired) electrons. The molecule has 0 aliphatic carbocycles. The van der Waals surface area contributed by atoms with Crippen molar-refractivity contribution in [3.8, 4) is 0 Å². The quantitative estimate of drug-likeness (QED) is 0.188. The van der Waals surface area contributed by atoms with Crippen LogP contribution in [-0.4, -0.2) is 41.9 Å². The summed E-state index contributed by atoms with van der Waals surface area (Å²) >= 11 is 0. The fraction of sp³-hybridized carbons (Fsp3) is 1.00. The Morgan fingerprint density at radius 1 is 0.786 bits per heavy atom. The van der Waals surface area contributed by atoms with E-state index < -0.39 is 7.82 Å². The lowest BCUT2D eigenvalue weighted by Crippen LogP contribution is -2.12. The summed E-state index contributed by atoms with van der Waals surface area (Å²) in [5.41, 5.74) is 0. The molecule has 0 bridgehead atoms. The molecular weight excluding hydrogens is 373 g/mol. The molecule has 172 valence electrons. The number of phosphoric ester groups is 1. The van der Waals surface area contributed by atoms with E-state index in [9.17, 15) is 4.57 Å². The fourth-order valence-electron chi connectivity index (χ4n) is 3.02. The molecule has 0 aromatic carbocycles. The van der Waals surface area contributed by atoms with Crippen LogP contribution >= 0.6 is 7.82 Å². The number of hydrogen-bond acceptors (Lipinski definition) is 3. The van der Waals surface area contributed by atoms with E-state index in [2.05, 4.69) is 37.4 Å². The summed E-state index contributed by atoms with van der Waals surface area (Å²) in [5.74, 6) is 0.271. The number of unbranched alkanes of at least 4 members (excludes halogenated alkanes) is 10. The average molecular weight is 424 g/mol. The van der Waals surface area contributed by atoms with Crippen LogP contribution < -0.4 is 0 Å². The zero-order valence-electron chi connectivity index (χ0n) is 19.5. The minimum atomic E-state index is -4.26. The van der Waals surface area contributed by atoms with Crippen molar-refractivity contribution < 1.29 is 18.9 Å². The molecule has 0 amide bonds. The first-order valence-electron chi connectivity index (χ1n) is 11.6. The Morgan fingerprint density at radius 3 is 1.64 bits per heavy atom. The van der Waals surface area contributed by atoms with E-state index in [4.69, 9.17) is 9.79 Å². The number of hydrogen-bond donors (Lipinski definition) is 2. The standard InChI is InChI=1S/C14H31N.C8H19O4P/c1-4-5-6-7-8-9-10-11-12-13-14-15(2)3;1-3-5-6-8(4-2)7-12-13(9,10)11/h4-14H2,1-3H3;8H,3-7H2,1-2H3,(H2,9,10,11). The van der Waals surface area contributed by atoms with Gasteiger partial charge < -0.3 is 14.7 Å². The van der Waals surface area contributed by atoms with Gasteiger partial charge in [-0.25, -0.2) is 4.57 Å². The van der Waals surface area contributed by atoms with Crippen LogP contribution in [0.25, 0.3) is 0 Å². The van der Waals surface area contributed by atoms with Crippen LogP contribution in [0, 0.1) is 5.92 Å². The highest BCUT2D eigenvalue weighted by molar-refractivity contribution is 7.46. The molecule has 0 saturated heterocycles. The first-order chi connectivity index (χ1) is 13.3. The molecule has 1 atom stereocenters. The molecule has 0 aliphatic heterocycles. The summed E-state index contributed by atoms with van der Waals surface area (Å²) in [4.78, 5) is 19.2. The minimum absolute atomic E-state index is 0.167. The van der Waals surface area contributed by atoms with E-state index in [1.165, 1.54) is 70.8 Å².